The quantitative estimate of drug-likeness (QED) is 0.166. The normalized spacial score (nSPS) is 38.0. The van der Waals surface area contributed by atoms with Gasteiger partial charge in [-0.1, -0.05) is 100 Å². The van der Waals surface area contributed by atoms with Crippen molar-refractivity contribution in [1.29, 1.82) is 0 Å². The summed E-state index contributed by atoms with van der Waals surface area (Å²) >= 11 is 0. The fraction of sp³-hybridized carbons (Fsp3) is 0.667. The number of fused-ring (bicyclic) bond motifs is 4. The second kappa shape index (κ2) is 12.0. The van der Waals surface area contributed by atoms with E-state index >= 15 is 0 Å². The highest BCUT2D eigenvalue weighted by atomic mass is 16.6. The number of aryl methyl sites for hydroxylation is 1. The summed E-state index contributed by atoms with van der Waals surface area (Å²) in [6.45, 7) is 5.20. The lowest BCUT2D eigenvalue weighted by Gasteiger charge is -2.71. The third kappa shape index (κ3) is 4.17. The van der Waals surface area contributed by atoms with Gasteiger partial charge in [0.1, 0.15) is 11.2 Å². The fourth-order valence-electron chi connectivity index (χ4n) is 12.4. The molecule has 5 heteroatoms. The summed E-state index contributed by atoms with van der Waals surface area (Å²) in [6, 6.07) is 6.32. The first-order chi connectivity index (χ1) is 23.0. The first-order valence-electron chi connectivity index (χ1n) is 19.3. The summed E-state index contributed by atoms with van der Waals surface area (Å²) in [5.41, 5.74) is 9.21. The van der Waals surface area contributed by atoms with Crippen LogP contribution in [-0.4, -0.2) is 18.5 Å². The lowest BCUT2D eigenvalue weighted by atomic mass is 9.28. The molecule has 2 saturated carbocycles. The van der Waals surface area contributed by atoms with Crippen LogP contribution in [0.15, 0.2) is 53.3 Å². The largest absolute Gasteiger partial charge is 0.449 e. The standard InChI is InChI=1S/C42H55NO4/c1-3-12-35-41-33-23-22-30-27(2)13-9-19-31(30)32(33)24-25-40(41,36(46-39(41)45)21-8-7-16-28-14-5-4-6-15-28)42(35)34-20-10-17-29(18-11-26-43)37(34)38(44)47-42/h9-10,17,19-21,27-28,30-31,35H,3-8,11-16,18,22-26,43H2,1-2H3/t27-,30+,31-,35+,40+,41-,42-/m0/s1. The molecule has 1 saturated heterocycles. The molecule has 8 rings (SSSR count). The number of carbonyl (C=O) groups excluding carboxylic acids is 2. The van der Waals surface area contributed by atoms with Gasteiger partial charge in [0.15, 0.2) is 5.60 Å². The Kier molecular flexibility index (Phi) is 8.09. The molecule has 0 unspecified atom stereocenters. The van der Waals surface area contributed by atoms with Gasteiger partial charge in [-0.15, -0.1) is 0 Å². The van der Waals surface area contributed by atoms with E-state index in [-0.39, 0.29) is 17.9 Å². The maximum atomic E-state index is 14.9. The fourth-order valence-corrected chi connectivity index (χ4v) is 12.4. The number of esters is 2. The van der Waals surface area contributed by atoms with Crippen LogP contribution in [0.4, 0.5) is 0 Å². The molecule has 1 spiro atoms. The van der Waals surface area contributed by atoms with Gasteiger partial charge < -0.3 is 15.2 Å². The van der Waals surface area contributed by atoms with Gasteiger partial charge in [-0.05, 0) is 100 Å². The Morgan fingerprint density at radius 1 is 1.04 bits per heavy atom. The molecule has 0 amide bonds. The molecule has 1 aromatic rings. The molecule has 0 radical (unpaired) electrons. The number of cyclic esters (lactones) is 1. The lowest BCUT2D eigenvalue weighted by molar-refractivity contribution is -0.277. The molecule has 7 aliphatic rings. The zero-order chi connectivity index (χ0) is 32.4. The summed E-state index contributed by atoms with van der Waals surface area (Å²) < 4.78 is 13.6. The number of hydrogen-bond acceptors (Lipinski definition) is 5. The number of carbonyl (C=O) groups is 2. The van der Waals surface area contributed by atoms with Crippen LogP contribution >= 0.6 is 0 Å². The summed E-state index contributed by atoms with van der Waals surface area (Å²) in [6.07, 6.45) is 25.4. The molecule has 2 aliphatic heterocycles. The van der Waals surface area contributed by atoms with Crippen LogP contribution in [0.2, 0.25) is 0 Å². The first kappa shape index (κ1) is 31.6. The van der Waals surface area contributed by atoms with Crippen molar-refractivity contribution >= 4 is 11.9 Å². The molecule has 0 bridgehead atoms. The third-order valence-electron chi connectivity index (χ3n) is 14.2. The molecule has 1 aromatic carbocycles. The maximum Gasteiger partial charge on any atom is 0.339 e. The number of rotatable bonds is 9. The van der Waals surface area contributed by atoms with E-state index in [0.29, 0.717) is 24.3 Å². The molecule has 3 fully saturated rings. The topological polar surface area (TPSA) is 78.6 Å². The summed E-state index contributed by atoms with van der Waals surface area (Å²) in [5, 5.41) is 0. The third-order valence-corrected chi connectivity index (χ3v) is 14.2. The predicted octanol–water partition coefficient (Wildman–Crippen LogP) is 9.25. The summed E-state index contributed by atoms with van der Waals surface area (Å²) in [7, 11) is 0. The Morgan fingerprint density at radius 3 is 2.70 bits per heavy atom. The van der Waals surface area contributed by atoms with E-state index in [4.69, 9.17) is 15.2 Å². The van der Waals surface area contributed by atoms with E-state index in [2.05, 4.69) is 50.3 Å². The van der Waals surface area contributed by atoms with Crippen molar-refractivity contribution < 1.29 is 19.1 Å². The highest BCUT2D eigenvalue weighted by molar-refractivity contribution is 6.00. The number of unbranched alkanes of at least 4 members (excludes halogenated alkanes) is 1. The van der Waals surface area contributed by atoms with Crippen LogP contribution in [0, 0.1) is 40.4 Å². The maximum absolute atomic E-state index is 14.9. The van der Waals surface area contributed by atoms with Crippen molar-refractivity contribution in [2.45, 2.75) is 129 Å². The second-order valence-electron chi connectivity index (χ2n) is 16.2. The second-order valence-corrected chi connectivity index (χ2v) is 16.2. The van der Waals surface area contributed by atoms with Gasteiger partial charge in [0, 0.05) is 17.4 Å². The van der Waals surface area contributed by atoms with E-state index in [1.54, 1.807) is 0 Å². The summed E-state index contributed by atoms with van der Waals surface area (Å²) in [4.78, 5) is 29.1. The van der Waals surface area contributed by atoms with Gasteiger partial charge >= 0.3 is 11.9 Å². The van der Waals surface area contributed by atoms with Crippen LogP contribution in [0.5, 0.6) is 0 Å². The monoisotopic (exact) mass is 637 g/mol. The molecular formula is C42H55NO4. The predicted molar refractivity (Wildman–Crippen MR) is 184 cm³/mol. The number of benzene rings is 1. The number of nitrogens with two attached hydrogens (primary N) is 1. The molecular weight excluding hydrogens is 582 g/mol. The van der Waals surface area contributed by atoms with Gasteiger partial charge in [0.2, 0.25) is 0 Å². The molecule has 0 aromatic heterocycles. The summed E-state index contributed by atoms with van der Waals surface area (Å²) in [5.74, 6) is 2.92. The van der Waals surface area contributed by atoms with Gasteiger partial charge in [0.25, 0.3) is 0 Å². The first-order valence-corrected chi connectivity index (χ1v) is 19.3. The lowest BCUT2D eigenvalue weighted by Crippen LogP contribution is -2.77. The van der Waals surface area contributed by atoms with Crippen molar-refractivity contribution in [2.24, 2.45) is 46.2 Å². The van der Waals surface area contributed by atoms with Gasteiger partial charge in [-0.2, -0.15) is 0 Å². The molecule has 2 N–H and O–H groups in total. The molecule has 2 heterocycles. The average molecular weight is 638 g/mol. The van der Waals surface area contributed by atoms with Crippen LogP contribution in [0.3, 0.4) is 0 Å². The number of hydrogen-bond donors (Lipinski definition) is 1. The van der Waals surface area contributed by atoms with E-state index in [1.807, 2.05) is 0 Å². The number of allylic oxidation sites excluding steroid dienone is 4. The van der Waals surface area contributed by atoms with Crippen LogP contribution in [0.25, 0.3) is 0 Å². The van der Waals surface area contributed by atoms with Gasteiger partial charge in [-0.3, -0.25) is 4.79 Å². The number of ether oxygens (including phenoxy) is 2. The molecule has 5 nitrogen and oxygen atoms in total. The Balaban J connectivity index is 1.28. The Morgan fingerprint density at radius 2 is 1.89 bits per heavy atom. The van der Waals surface area contributed by atoms with Crippen LogP contribution in [-0.2, 0) is 26.3 Å². The Labute approximate surface area is 281 Å². The average Bonchev–Trinajstić information content (AvgIpc) is 3.54. The SMILES string of the molecule is CCC[C@@H]1[C@@]23C(=O)OC(=CCCCC4CCCCC4)[C@@]2(CCC2=C3CC[C@H]3[C@@H]2C=CC[C@@H]3C)[C@@]12OC(=O)c1c(CCCN)cccc12. The highest BCUT2D eigenvalue weighted by Gasteiger charge is 2.92. The van der Waals surface area contributed by atoms with Crippen molar-refractivity contribution in [3.63, 3.8) is 0 Å². The minimum absolute atomic E-state index is 0.0672. The van der Waals surface area contributed by atoms with Crippen LogP contribution in [0.1, 0.15) is 138 Å². The highest BCUT2D eigenvalue weighted by Crippen LogP contribution is 2.87. The van der Waals surface area contributed by atoms with E-state index in [1.165, 1.54) is 49.7 Å². The van der Waals surface area contributed by atoms with Gasteiger partial charge in [-0.25, -0.2) is 4.79 Å². The molecule has 7 atom stereocenters. The van der Waals surface area contributed by atoms with Crippen molar-refractivity contribution in [1.82, 2.24) is 0 Å². The van der Waals surface area contributed by atoms with Gasteiger partial charge in [0.05, 0.1) is 11.0 Å². The van der Waals surface area contributed by atoms with Crippen molar-refractivity contribution in [3.8, 4) is 0 Å². The van der Waals surface area contributed by atoms with Crippen molar-refractivity contribution in [3.05, 3.63) is 70.0 Å². The van der Waals surface area contributed by atoms with E-state index in [9.17, 15) is 9.59 Å². The smallest absolute Gasteiger partial charge is 0.339 e. The van der Waals surface area contributed by atoms with E-state index in [0.717, 1.165) is 99.0 Å². The van der Waals surface area contributed by atoms with E-state index < -0.39 is 16.4 Å². The Bertz CT molecular complexity index is 1530. The molecule has 252 valence electrons. The molecule has 47 heavy (non-hydrogen) atoms. The zero-order valence-corrected chi connectivity index (χ0v) is 28.8. The Hall–Kier alpha value is -2.66. The minimum atomic E-state index is -0.888. The van der Waals surface area contributed by atoms with Crippen LogP contribution < -0.4 is 5.73 Å². The minimum Gasteiger partial charge on any atom is -0.449 e. The zero-order valence-electron chi connectivity index (χ0n) is 28.8. The van der Waals surface area contributed by atoms with Crippen molar-refractivity contribution in [2.75, 3.05) is 6.54 Å². The molecule has 5 aliphatic carbocycles.